The Balaban J connectivity index is 0.00000109. The molecule has 2 aromatic carbocycles. The van der Waals surface area contributed by atoms with Crippen molar-refractivity contribution in [1.82, 2.24) is 5.32 Å². The largest absolute Gasteiger partial charge is 0.481 e. The fraction of sp³-hybridized carbons (Fsp3) is 0.464. The third kappa shape index (κ3) is 40.8. The van der Waals surface area contributed by atoms with Crippen molar-refractivity contribution in [3.05, 3.63) is 168 Å². The van der Waals surface area contributed by atoms with Gasteiger partial charge in [0.1, 0.15) is 0 Å². The van der Waals surface area contributed by atoms with E-state index >= 15 is 0 Å². The van der Waals surface area contributed by atoms with Gasteiger partial charge in [-0.05, 0) is 125 Å². The van der Waals surface area contributed by atoms with Crippen LogP contribution in [0.4, 0.5) is 26.3 Å². The van der Waals surface area contributed by atoms with Crippen LogP contribution >= 0.6 is 0 Å². The van der Waals surface area contributed by atoms with Crippen LogP contribution in [0, 0.1) is 0 Å². The lowest BCUT2D eigenvalue weighted by Crippen LogP contribution is -2.22. The fourth-order valence-corrected chi connectivity index (χ4v) is 5.80. The summed E-state index contributed by atoms with van der Waals surface area (Å²) in [6.07, 6.45) is 45.9. The van der Waals surface area contributed by atoms with E-state index in [1.54, 1.807) is 0 Å². The van der Waals surface area contributed by atoms with Crippen molar-refractivity contribution < 1.29 is 41.0 Å². The maximum atomic E-state index is 12.5. The Bertz CT molecular complexity index is 1770. The molecular weight excluding hydrogens is 863 g/mol. The monoisotopic (exact) mass is 941 g/mol. The zero-order valence-corrected chi connectivity index (χ0v) is 40.0. The number of carboxylic acids is 1. The van der Waals surface area contributed by atoms with Crippen molar-refractivity contribution in [2.24, 2.45) is 5.73 Å². The number of hydrogen-bond donors (Lipinski definition) is 3. The van der Waals surface area contributed by atoms with Crippen LogP contribution in [-0.2, 0) is 35.0 Å². The van der Waals surface area contributed by atoms with E-state index in [0.717, 1.165) is 88.5 Å². The fourth-order valence-electron chi connectivity index (χ4n) is 5.80. The summed E-state index contributed by atoms with van der Waals surface area (Å²) in [7, 11) is 0. The molecule has 5 nitrogen and oxygen atoms in total. The van der Waals surface area contributed by atoms with E-state index in [1.165, 1.54) is 75.6 Å². The molecule has 0 radical (unpaired) electrons. The third-order valence-electron chi connectivity index (χ3n) is 9.74. The molecule has 0 heterocycles. The lowest BCUT2D eigenvalue weighted by atomic mass is 10.1. The molecule has 11 heteroatoms. The highest BCUT2D eigenvalue weighted by Gasteiger charge is 2.30. The highest BCUT2D eigenvalue weighted by molar-refractivity contribution is 5.75. The summed E-state index contributed by atoms with van der Waals surface area (Å²) < 4.78 is 73.6. The Morgan fingerprint density at radius 1 is 0.478 bits per heavy atom. The van der Waals surface area contributed by atoms with E-state index in [1.807, 2.05) is 0 Å². The standard InChI is InChI=1S/C28H38F3NO.C20H32O2.C8H8F3N/c1-2-3-4-5-6-7-8-9-10-11-12-13-14-15-16-17-18-19-27(33)32-24-25-20-22-26(23-21-25)28(29,30)31;1-2-3-4-5-6-7-8-9-10-11-12-13-14-15-16-17-18-19-20(21)22;9-8(10,11)7-3-1-6(5-12)2-4-7/h6-7,9-10,12-13,15-16,20-23H,2-5,8,11,14,17-19,24H2,1H3,(H,32,33);6-7,9-10,12-13,15-16H,2-5,8,11,14,17-19H2,1H3,(H,21,22);1-4H,5,12H2/b2*7-6-,10-9-,13-12-,16-15-;. The molecule has 0 saturated heterocycles. The van der Waals surface area contributed by atoms with Gasteiger partial charge in [0.15, 0.2) is 0 Å². The predicted octanol–water partition coefficient (Wildman–Crippen LogP) is 16.8. The number of benzene rings is 2. The second-order valence-corrected chi connectivity index (χ2v) is 15.7. The van der Waals surface area contributed by atoms with Crippen molar-refractivity contribution in [3.8, 4) is 0 Å². The normalized spacial score (nSPS) is 12.4. The number of halogens is 6. The van der Waals surface area contributed by atoms with E-state index in [-0.39, 0.29) is 25.4 Å². The quantitative estimate of drug-likeness (QED) is 0.0399. The van der Waals surface area contributed by atoms with E-state index in [0.29, 0.717) is 17.5 Å². The van der Waals surface area contributed by atoms with Crippen LogP contribution in [0.2, 0.25) is 0 Å². The third-order valence-corrected chi connectivity index (χ3v) is 9.74. The van der Waals surface area contributed by atoms with Crippen molar-refractivity contribution in [3.63, 3.8) is 0 Å². The van der Waals surface area contributed by atoms with E-state index in [4.69, 9.17) is 10.8 Å². The topological polar surface area (TPSA) is 92.4 Å². The van der Waals surface area contributed by atoms with E-state index in [9.17, 15) is 35.9 Å². The molecule has 0 fully saturated rings. The average Bonchev–Trinajstić information content (AvgIpc) is 3.30. The van der Waals surface area contributed by atoms with Crippen molar-refractivity contribution in [1.29, 1.82) is 0 Å². The number of alkyl halides is 6. The van der Waals surface area contributed by atoms with Crippen LogP contribution in [0.25, 0.3) is 0 Å². The van der Waals surface area contributed by atoms with E-state index in [2.05, 4.69) is 116 Å². The van der Waals surface area contributed by atoms with Gasteiger partial charge in [-0.1, -0.05) is 161 Å². The highest BCUT2D eigenvalue weighted by Crippen LogP contribution is 2.30. The Hall–Kier alpha value is -5.16. The molecule has 0 saturated carbocycles. The van der Waals surface area contributed by atoms with Crippen LogP contribution in [0.5, 0.6) is 0 Å². The second-order valence-electron chi connectivity index (χ2n) is 15.7. The first-order chi connectivity index (χ1) is 32.2. The smallest absolute Gasteiger partial charge is 0.416 e. The number of amides is 1. The maximum absolute atomic E-state index is 12.5. The van der Waals surface area contributed by atoms with Gasteiger partial charge in [0, 0.05) is 25.9 Å². The molecule has 2 rings (SSSR count). The van der Waals surface area contributed by atoms with Crippen molar-refractivity contribution in [2.75, 3.05) is 0 Å². The Morgan fingerprint density at radius 3 is 1.10 bits per heavy atom. The first-order valence-electron chi connectivity index (χ1n) is 23.9. The van der Waals surface area contributed by atoms with Gasteiger partial charge >= 0.3 is 18.3 Å². The summed E-state index contributed by atoms with van der Waals surface area (Å²) in [6, 6.07) is 9.66. The molecule has 0 aliphatic rings. The number of nitrogens with two attached hydrogens (primary N) is 1. The van der Waals surface area contributed by atoms with Crippen molar-refractivity contribution in [2.45, 2.75) is 168 Å². The van der Waals surface area contributed by atoms with Gasteiger partial charge in [0.2, 0.25) is 5.91 Å². The molecule has 0 unspecified atom stereocenters. The van der Waals surface area contributed by atoms with Gasteiger partial charge in [-0.3, -0.25) is 9.59 Å². The zero-order valence-electron chi connectivity index (χ0n) is 40.0. The van der Waals surface area contributed by atoms with Crippen LogP contribution in [-0.4, -0.2) is 17.0 Å². The van der Waals surface area contributed by atoms with Gasteiger partial charge in [0.05, 0.1) is 11.1 Å². The number of unbranched alkanes of at least 4 members (excludes halogenated alkanes) is 8. The molecule has 372 valence electrons. The number of allylic oxidation sites excluding steroid dienone is 16. The minimum absolute atomic E-state index is 0.0919. The molecule has 0 atom stereocenters. The summed E-state index contributed by atoms with van der Waals surface area (Å²) >= 11 is 0. The molecule has 4 N–H and O–H groups in total. The lowest BCUT2D eigenvalue weighted by molar-refractivity contribution is -0.138. The highest BCUT2D eigenvalue weighted by atomic mass is 19.4. The van der Waals surface area contributed by atoms with Crippen molar-refractivity contribution >= 4 is 11.9 Å². The maximum Gasteiger partial charge on any atom is 0.416 e. The van der Waals surface area contributed by atoms with Gasteiger partial charge in [0.25, 0.3) is 0 Å². The first-order valence-corrected chi connectivity index (χ1v) is 23.9. The summed E-state index contributed by atoms with van der Waals surface area (Å²) in [5, 5.41) is 11.2. The molecule has 0 aliphatic carbocycles. The summed E-state index contributed by atoms with van der Waals surface area (Å²) in [5.74, 6) is -0.804. The average molecular weight is 941 g/mol. The molecule has 0 spiro atoms. The van der Waals surface area contributed by atoms with E-state index < -0.39 is 29.4 Å². The van der Waals surface area contributed by atoms with Gasteiger partial charge in [-0.2, -0.15) is 26.3 Å². The lowest BCUT2D eigenvalue weighted by Gasteiger charge is -2.08. The van der Waals surface area contributed by atoms with Crippen LogP contribution < -0.4 is 11.1 Å². The molecule has 67 heavy (non-hydrogen) atoms. The molecule has 0 aliphatic heterocycles. The molecule has 0 aromatic heterocycles. The van der Waals surface area contributed by atoms with Crippen LogP contribution in [0.1, 0.15) is 165 Å². The summed E-state index contributed by atoms with van der Waals surface area (Å²) in [6.45, 7) is 4.95. The number of aliphatic carboxylic acids is 1. The van der Waals surface area contributed by atoms with Crippen LogP contribution in [0.15, 0.2) is 146 Å². The minimum Gasteiger partial charge on any atom is -0.481 e. The number of carboxylic acid groups (broad SMARTS) is 1. The Labute approximate surface area is 398 Å². The second kappa shape index (κ2) is 42.2. The number of carbonyl (C=O) groups is 2. The number of rotatable bonds is 31. The first kappa shape index (κ1) is 61.8. The molecule has 1 amide bonds. The minimum atomic E-state index is -4.34. The Kier molecular flexibility index (Phi) is 39.0. The number of carbonyl (C=O) groups excluding carboxylic acids is 1. The van der Waals surface area contributed by atoms with Gasteiger partial charge in [-0.25, -0.2) is 0 Å². The molecule has 2 aromatic rings. The Morgan fingerprint density at radius 2 is 0.791 bits per heavy atom. The predicted molar refractivity (Wildman–Crippen MR) is 267 cm³/mol. The molecular formula is C56H78F6N2O3. The zero-order chi connectivity index (χ0) is 49.7. The molecule has 0 bridgehead atoms. The number of hydrogen-bond acceptors (Lipinski definition) is 3. The summed E-state index contributed by atoms with van der Waals surface area (Å²) in [5.41, 5.74) is 5.25. The SMILES string of the molecule is CCCCC/C=C\C/C=C\C/C=C\C/C=C\CCCC(=O)NCc1ccc(C(F)(F)F)cc1.CCCCC/C=C\C/C=C\C/C=C\C/C=C\CCCC(=O)O.NCc1ccc(C(F)(F)F)cc1. The van der Waals surface area contributed by atoms with Gasteiger partial charge < -0.3 is 16.2 Å². The van der Waals surface area contributed by atoms with Gasteiger partial charge in [-0.15, -0.1) is 0 Å². The number of nitrogens with one attached hydrogen (secondary N) is 1. The van der Waals surface area contributed by atoms with Crippen LogP contribution in [0.3, 0.4) is 0 Å². The summed E-state index contributed by atoms with van der Waals surface area (Å²) in [4.78, 5) is 22.2.